The normalized spacial score (nSPS) is 15.5. The molecule has 0 unspecified atom stereocenters. The van der Waals surface area contributed by atoms with Crippen LogP contribution in [0.4, 0.5) is 0 Å². The number of carbonyl (C=O) groups excluding carboxylic acids is 1. The van der Waals surface area contributed by atoms with Gasteiger partial charge in [-0.3, -0.25) is 4.79 Å². The maximum absolute atomic E-state index is 11.3. The van der Waals surface area contributed by atoms with Crippen molar-refractivity contribution in [1.29, 1.82) is 0 Å². The van der Waals surface area contributed by atoms with Crippen LogP contribution in [0.15, 0.2) is 18.3 Å². The number of rotatable bonds is 3. The molecule has 0 spiro atoms. The number of primary amides is 1. The molecular weight excluding hydrogens is 204 g/mol. The second-order valence-electron chi connectivity index (χ2n) is 4.21. The van der Waals surface area contributed by atoms with Crippen LogP contribution in [0.5, 0.6) is 0 Å². The van der Waals surface area contributed by atoms with Gasteiger partial charge in [0.1, 0.15) is 0 Å². The molecule has 2 heterocycles. The largest absolute Gasteiger partial charge is 0.364 e. The van der Waals surface area contributed by atoms with E-state index in [-0.39, 0.29) is 0 Å². The Morgan fingerprint density at radius 2 is 2.38 bits per heavy atom. The summed E-state index contributed by atoms with van der Waals surface area (Å²) in [6.07, 6.45) is 4.98. The van der Waals surface area contributed by atoms with Crippen molar-refractivity contribution in [1.82, 2.24) is 14.6 Å². The number of hydrogen-bond acceptors (Lipinski definition) is 3. The maximum Gasteiger partial charge on any atom is 0.269 e. The molecule has 5 heteroatoms. The van der Waals surface area contributed by atoms with E-state index in [9.17, 15) is 4.79 Å². The first-order chi connectivity index (χ1) is 7.75. The summed E-state index contributed by atoms with van der Waals surface area (Å²) >= 11 is 0. The van der Waals surface area contributed by atoms with Gasteiger partial charge in [-0.2, -0.15) is 5.10 Å². The van der Waals surface area contributed by atoms with E-state index in [1.807, 2.05) is 6.07 Å². The first kappa shape index (κ1) is 9.33. The molecule has 2 N–H and O–H groups in total. The molecule has 2 aromatic heterocycles. The molecule has 1 aliphatic rings. The maximum atomic E-state index is 11.3. The number of nitrogens with zero attached hydrogens (tertiary/aromatic N) is 3. The molecule has 16 heavy (non-hydrogen) atoms. The van der Waals surface area contributed by atoms with Gasteiger partial charge < -0.3 is 5.73 Å². The Morgan fingerprint density at radius 1 is 1.56 bits per heavy atom. The molecule has 82 valence electrons. The van der Waals surface area contributed by atoms with E-state index in [2.05, 4.69) is 10.1 Å². The zero-order chi connectivity index (χ0) is 11.1. The standard InChI is InChI=1S/C11H12N4O/c12-11(16)10-8(6-7-3-4-7)15-9(14-10)2-1-5-13-15/h1-2,5,7H,3-4,6H2,(H2,12,16). The van der Waals surface area contributed by atoms with Gasteiger partial charge in [-0.25, -0.2) is 9.50 Å². The quantitative estimate of drug-likeness (QED) is 0.824. The van der Waals surface area contributed by atoms with Crippen LogP contribution < -0.4 is 5.73 Å². The van der Waals surface area contributed by atoms with Crippen molar-refractivity contribution in [2.24, 2.45) is 11.7 Å². The summed E-state index contributed by atoms with van der Waals surface area (Å²) < 4.78 is 1.72. The van der Waals surface area contributed by atoms with E-state index in [4.69, 9.17) is 5.73 Å². The second-order valence-corrected chi connectivity index (χ2v) is 4.21. The third-order valence-electron chi connectivity index (χ3n) is 2.90. The smallest absolute Gasteiger partial charge is 0.269 e. The van der Waals surface area contributed by atoms with Gasteiger partial charge in [-0.1, -0.05) is 0 Å². The number of hydrogen-bond donors (Lipinski definition) is 1. The summed E-state index contributed by atoms with van der Waals surface area (Å²) in [6.45, 7) is 0. The van der Waals surface area contributed by atoms with Crippen LogP contribution in [0, 0.1) is 5.92 Å². The molecule has 2 aromatic rings. The topological polar surface area (TPSA) is 73.3 Å². The van der Waals surface area contributed by atoms with Crippen molar-refractivity contribution in [3.63, 3.8) is 0 Å². The Kier molecular flexibility index (Phi) is 1.92. The molecule has 0 saturated heterocycles. The van der Waals surface area contributed by atoms with Gasteiger partial charge >= 0.3 is 0 Å². The minimum Gasteiger partial charge on any atom is -0.364 e. The number of aromatic nitrogens is 3. The van der Waals surface area contributed by atoms with Gasteiger partial charge in [0, 0.05) is 6.20 Å². The molecule has 5 nitrogen and oxygen atoms in total. The molecule has 1 amide bonds. The number of amides is 1. The molecule has 0 bridgehead atoms. The summed E-state index contributed by atoms with van der Waals surface area (Å²) in [6, 6.07) is 3.63. The van der Waals surface area contributed by atoms with E-state index in [0.29, 0.717) is 17.3 Å². The highest BCUT2D eigenvalue weighted by Crippen LogP contribution is 2.33. The van der Waals surface area contributed by atoms with E-state index in [1.54, 1.807) is 16.8 Å². The summed E-state index contributed by atoms with van der Waals surface area (Å²) in [5.41, 5.74) is 7.24. The molecule has 0 aliphatic heterocycles. The molecule has 3 rings (SSSR count). The molecule has 0 atom stereocenters. The SMILES string of the molecule is NC(=O)c1nc2cccnn2c1CC1CC1. The van der Waals surface area contributed by atoms with Crippen molar-refractivity contribution in [2.45, 2.75) is 19.3 Å². The van der Waals surface area contributed by atoms with Gasteiger partial charge in [0.15, 0.2) is 11.3 Å². The van der Waals surface area contributed by atoms with Gasteiger partial charge in [-0.15, -0.1) is 0 Å². The van der Waals surface area contributed by atoms with E-state index in [1.165, 1.54) is 12.8 Å². The monoisotopic (exact) mass is 216 g/mol. The lowest BCUT2D eigenvalue weighted by molar-refractivity contribution is 0.0995. The molecular formula is C11H12N4O. The average molecular weight is 216 g/mol. The molecule has 1 aliphatic carbocycles. The number of fused-ring (bicyclic) bond motifs is 1. The summed E-state index contributed by atoms with van der Waals surface area (Å²) in [5, 5.41) is 4.21. The van der Waals surface area contributed by atoms with Crippen LogP contribution in [0.2, 0.25) is 0 Å². The number of nitrogens with two attached hydrogens (primary N) is 1. The van der Waals surface area contributed by atoms with Crippen molar-refractivity contribution in [3.8, 4) is 0 Å². The average Bonchev–Trinajstić information content (AvgIpc) is 3.00. The van der Waals surface area contributed by atoms with Crippen LogP contribution in [0.1, 0.15) is 29.0 Å². The molecule has 1 saturated carbocycles. The summed E-state index contributed by atoms with van der Waals surface area (Å²) in [7, 11) is 0. The first-order valence-electron chi connectivity index (χ1n) is 5.38. The van der Waals surface area contributed by atoms with Gasteiger partial charge in [-0.05, 0) is 37.3 Å². The highest BCUT2D eigenvalue weighted by Gasteiger charge is 2.27. The second kappa shape index (κ2) is 3.30. The lowest BCUT2D eigenvalue weighted by Crippen LogP contribution is -2.15. The Labute approximate surface area is 92.3 Å². The van der Waals surface area contributed by atoms with E-state index < -0.39 is 5.91 Å². The van der Waals surface area contributed by atoms with Gasteiger partial charge in [0.25, 0.3) is 5.91 Å². The Balaban J connectivity index is 2.18. The van der Waals surface area contributed by atoms with Crippen LogP contribution in [-0.2, 0) is 6.42 Å². The van der Waals surface area contributed by atoms with E-state index >= 15 is 0 Å². The van der Waals surface area contributed by atoms with Crippen molar-refractivity contribution in [3.05, 3.63) is 29.7 Å². The lowest BCUT2D eigenvalue weighted by atomic mass is 10.2. The third-order valence-corrected chi connectivity index (χ3v) is 2.90. The minimum atomic E-state index is -0.471. The fraction of sp³-hybridized carbons (Fsp3) is 0.364. The fourth-order valence-corrected chi connectivity index (χ4v) is 1.91. The highest BCUT2D eigenvalue weighted by atomic mass is 16.1. The van der Waals surface area contributed by atoms with Crippen LogP contribution in [-0.4, -0.2) is 20.5 Å². The first-order valence-corrected chi connectivity index (χ1v) is 5.38. The molecule has 0 aromatic carbocycles. The zero-order valence-corrected chi connectivity index (χ0v) is 8.76. The van der Waals surface area contributed by atoms with Crippen LogP contribution in [0.3, 0.4) is 0 Å². The number of imidazole rings is 1. The van der Waals surface area contributed by atoms with Crippen molar-refractivity contribution < 1.29 is 4.79 Å². The summed E-state index contributed by atoms with van der Waals surface area (Å²) in [5.74, 6) is 0.196. The Bertz CT molecular complexity index is 556. The zero-order valence-electron chi connectivity index (χ0n) is 8.76. The number of carbonyl (C=O) groups is 1. The van der Waals surface area contributed by atoms with Crippen molar-refractivity contribution in [2.75, 3.05) is 0 Å². The van der Waals surface area contributed by atoms with Crippen molar-refractivity contribution >= 4 is 11.6 Å². The highest BCUT2D eigenvalue weighted by molar-refractivity contribution is 5.92. The molecule has 0 radical (unpaired) electrons. The van der Waals surface area contributed by atoms with Crippen LogP contribution >= 0.6 is 0 Å². The Morgan fingerprint density at radius 3 is 3.06 bits per heavy atom. The van der Waals surface area contributed by atoms with E-state index in [0.717, 1.165) is 12.1 Å². The van der Waals surface area contributed by atoms with Gasteiger partial charge in [0.05, 0.1) is 5.69 Å². The fourth-order valence-electron chi connectivity index (χ4n) is 1.91. The molecule has 1 fully saturated rings. The predicted molar refractivity (Wildman–Crippen MR) is 57.9 cm³/mol. The predicted octanol–water partition coefficient (Wildman–Crippen LogP) is 0.781. The van der Waals surface area contributed by atoms with Crippen LogP contribution in [0.25, 0.3) is 5.65 Å². The minimum absolute atomic E-state index is 0.366. The summed E-state index contributed by atoms with van der Waals surface area (Å²) in [4.78, 5) is 15.5. The third kappa shape index (κ3) is 1.44. The lowest BCUT2D eigenvalue weighted by Gasteiger charge is -1.99. The van der Waals surface area contributed by atoms with Gasteiger partial charge in [0.2, 0.25) is 0 Å². The Hall–Kier alpha value is -1.91.